The summed E-state index contributed by atoms with van der Waals surface area (Å²) in [5.74, 6) is -1.04. The molecule has 0 spiro atoms. The molecule has 6 nitrogen and oxygen atoms in total. The molecule has 0 radical (unpaired) electrons. The zero-order valence-corrected chi connectivity index (χ0v) is 51.9. The largest absolute Gasteiger partial charge is 0.462 e. The first-order valence-electron chi connectivity index (χ1n) is 33.9. The van der Waals surface area contributed by atoms with Gasteiger partial charge in [-0.1, -0.05) is 338 Å². The Morgan fingerprint density at radius 3 is 0.872 bits per heavy atom. The standard InChI is InChI=1S/C72H128O6/c1-4-7-10-13-16-19-22-24-26-27-28-29-30-31-32-33-34-35-36-37-38-39-40-41-42-43-44-46-47-50-53-56-59-62-65-71(74)77-68-69(67-76-70(73)64-61-58-55-52-49-21-18-15-12-9-6-3)78-72(75)66-63-60-57-54-51-48-45-25-23-20-17-14-11-8-5-2/h8,11,15,17-18,20,25,45,51,54,60,63,69H,4-7,9-10,12-14,16,19,21-24,26-44,46-50,52-53,55-59,61-62,64-68H2,1-3H3/b11-8-,18-15-,20-17-,45-25-,54-51-,63-60-. The lowest BCUT2D eigenvalue weighted by molar-refractivity contribution is -0.166. The highest BCUT2D eigenvalue weighted by molar-refractivity contribution is 5.72. The normalized spacial score (nSPS) is 12.5. The van der Waals surface area contributed by atoms with Crippen LogP contribution in [0.15, 0.2) is 72.9 Å². The van der Waals surface area contributed by atoms with Crippen molar-refractivity contribution in [2.45, 2.75) is 354 Å². The van der Waals surface area contributed by atoms with Crippen molar-refractivity contribution >= 4 is 17.9 Å². The first-order chi connectivity index (χ1) is 38.5. The van der Waals surface area contributed by atoms with Gasteiger partial charge in [-0.25, -0.2) is 0 Å². The van der Waals surface area contributed by atoms with E-state index in [2.05, 4.69) is 81.5 Å². The van der Waals surface area contributed by atoms with Gasteiger partial charge in [-0.05, 0) is 64.2 Å². The van der Waals surface area contributed by atoms with Crippen molar-refractivity contribution < 1.29 is 28.6 Å². The first-order valence-corrected chi connectivity index (χ1v) is 33.9. The molecule has 0 fully saturated rings. The molecule has 0 aromatic rings. The van der Waals surface area contributed by atoms with Crippen molar-refractivity contribution in [2.24, 2.45) is 0 Å². The summed E-state index contributed by atoms with van der Waals surface area (Å²) in [6.07, 6.45) is 87.1. The van der Waals surface area contributed by atoms with Crippen molar-refractivity contribution in [2.75, 3.05) is 13.2 Å². The lowest BCUT2D eigenvalue weighted by atomic mass is 10.0. The van der Waals surface area contributed by atoms with Gasteiger partial charge in [0.25, 0.3) is 0 Å². The van der Waals surface area contributed by atoms with Crippen LogP contribution in [0.5, 0.6) is 0 Å². The molecular weight excluding hydrogens is 961 g/mol. The van der Waals surface area contributed by atoms with Gasteiger partial charge >= 0.3 is 17.9 Å². The van der Waals surface area contributed by atoms with Gasteiger partial charge < -0.3 is 14.2 Å². The molecule has 452 valence electrons. The molecule has 6 heteroatoms. The van der Waals surface area contributed by atoms with Crippen LogP contribution in [-0.4, -0.2) is 37.2 Å². The number of carbonyl (C=O) groups excluding carboxylic acids is 3. The van der Waals surface area contributed by atoms with E-state index >= 15 is 0 Å². The molecule has 0 heterocycles. The van der Waals surface area contributed by atoms with E-state index in [1.807, 2.05) is 6.08 Å². The van der Waals surface area contributed by atoms with E-state index < -0.39 is 12.1 Å². The van der Waals surface area contributed by atoms with E-state index in [0.717, 1.165) is 83.5 Å². The van der Waals surface area contributed by atoms with Gasteiger partial charge in [0.05, 0.1) is 6.42 Å². The fraction of sp³-hybridized carbons (Fsp3) is 0.792. The molecule has 1 atom stereocenters. The third kappa shape index (κ3) is 63.7. The van der Waals surface area contributed by atoms with E-state index in [1.54, 1.807) is 6.08 Å². The van der Waals surface area contributed by atoms with Gasteiger partial charge in [0.2, 0.25) is 0 Å². The lowest BCUT2D eigenvalue weighted by Crippen LogP contribution is -2.30. The summed E-state index contributed by atoms with van der Waals surface area (Å²) in [5.41, 5.74) is 0. The third-order valence-corrected chi connectivity index (χ3v) is 15.0. The monoisotopic (exact) mass is 1090 g/mol. The van der Waals surface area contributed by atoms with Crippen LogP contribution in [0, 0.1) is 0 Å². The second-order valence-electron chi connectivity index (χ2n) is 22.7. The summed E-state index contributed by atoms with van der Waals surface area (Å²) in [5, 5.41) is 0. The van der Waals surface area contributed by atoms with Gasteiger partial charge in [0.1, 0.15) is 13.2 Å². The Bertz CT molecular complexity index is 1440. The minimum Gasteiger partial charge on any atom is -0.462 e. The van der Waals surface area contributed by atoms with Gasteiger partial charge in [-0.3, -0.25) is 14.4 Å². The fourth-order valence-corrected chi connectivity index (χ4v) is 9.92. The molecule has 0 saturated heterocycles. The Hall–Kier alpha value is -3.15. The highest BCUT2D eigenvalue weighted by atomic mass is 16.6. The third-order valence-electron chi connectivity index (χ3n) is 15.0. The summed E-state index contributed by atoms with van der Waals surface area (Å²) in [4.78, 5) is 38.1. The lowest BCUT2D eigenvalue weighted by Gasteiger charge is -2.18. The summed E-state index contributed by atoms with van der Waals surface area (Å²) in [7, 11) is 0. The predicted molar refractivity (Wildman–Crippen MR) is 339 cm³/mol. The molecule has 0 amide bonds. The predicted octanol–water partition coefficient (Wildman–Crippen LogP) is 23.3. The molecule has 0 saturated carbocycles. The van der Waals surface area contributed by atoms with Crippen LogP contribution < -0.4 is 0 Å². The Balaban J connectivity index is 4.08. The SMILES string of the molecule is CC/C=C\C/C=C\C/C=C\C/C=C\C/C=C\CC(=O)OC(COC(=O)CCCCCCC/C=C\CCCC)COC(=O)CCCCCCCCCCCCCCCCCCCCCCCCCCCCCCCCCCCC. The summed E-state index contributed by atoms with van der Waals surface area (Å²) >= 11 is 0. The van der Waals surface area contributed by atoms with Gasteiger partial charge in [0, 0.05) is 12.8 Å². The van der Waals surface area contributed by atoms with Crippen molar-refractivity contribution in [3.8, 4) is 0 Å². The van der Waals surface area contributed by atoms with Crippen LogP contribution in [0.4, 0.5) is 0 Å². The maximum absolute atomic E-state index is 12.8. The van der Waals surface area contributed by atoms with Crippen molar-refractivity contribution in [1.82, 2.24) is 0 Å². The molecule has 0 aliphatic heterocycles. The zero-order valence-electron chi connectivity index (χ0n) is 51.9. The number of esters is 3. The van der Waals surface area contributed by atoms with Crippen LogP contribution >= 0.6 is 0 Å². The highest BCUT2D eigenvalue weighted by Gasteiger charge is 2.19. The number of ether oxygens (including phenoxy) is 3. The van der Waals surface area contributed by atoms with Crippen molar-refractivity contribution in [1.29, 1.82) is 0 Å². The van der Waals surface area contributed by atoms with E-state index in [9.17, 15) is 14.4 Å². The Morgan fingerprint density at radius 1 is 0.282 bits per heavy atom. The minimum absolute atomic E-state index is 0.0974. The van der Waals surface area contributed by atoms with E-state index in [1.165, 1.54) is 225 Å². The molecule has 0 aliphatic carbocycles. The maximum atomic E-state index is 12.8. The first kappa shape index (κ1) is 74.8. The molecule has 0 aromatic heterocycles. The number of allylic oxidation sites excluding steroid dienone is 11. The maximum Gasteiger partial charge on any atom is 0.310 e. The van der Waals surface area contributed by atoms with E-state index in [0.29, 0.717) is 12.8 Å². The minimum atomic E-state index is -0.832. The van der Waals surface area contributed by atoms with Crippen molar-refractivity contribution in [3.63, 3.8) is 0 Å². The number of hydrogen-bond donors (Lipinski definition) is 0. The Labute approximate surface area is 484 Å². The molecule has 0 N–H and O–H groups in total. The van der Waals surface area contributed by atoms with Gasteiger partial charge in [-0.15, -0.1) is 0 Å². The molecule has 0 aliphatic rings. The van der Waals surface area contributed by atoms with Gasteiger partial charge in [-0.2, -0.15) is 0 Å². The summed E-state index contributed by atoms with van der Waals surface area (Å²) in [6, 6.07) is 0. The average molecular weight is 1090 g/mol. The molecule has 0 rings (SSSR count). The number of carbonyl (C=O) groups is 3. The van der Waals surface area contributed by atoms with Crippen LogP contribution in [0.25, 0.3) is 0 Å². The van der Waals surface area contributed by atoms with Crippen LogP contribution in [0.3, 0.4) is 0 Å². The quantitative estimate of drug-likeness (QED) is 0.0261. The number of hydrogen-bond acceptors (Lipinski definition) is 6. The molecular formula is C72H128O6. The Kier molecular flexibility index (Phi) is 63.7. The molecule has 1 unspecified atom stereocenters. The second-order valence-corrected chi connectivity index (χ2v) is 22.7. The molecule has 0 bridgehead atoms. The van der Waals surface area contributed by atoms with Gasteiger partial charge in [0.15, 0.2) is 6.10 Å². The zero-order chi connectivity index (χ0) is 56.4. The highest BCUT2D eigenvalue weighted by Crippen LogP contribution is 2.18. The number of unbranched alkanes of at least 4 members (excludes halogenated alkanes) is 40. The van der Waals surface area contributed by atoms with Crippen LogP contribution in [-0.2, 0) is 28.6 Å². The fourth-order valence-electron chi connectivity index (χ4n) is 9.92. The van der Waals surface area contributed by atoms with Crippen molar-refractivity contribution in [3.05, 3.63) is 72.9 Å². The van der Waals surface area contributed by atoms with Crippen LogP contribution in [0.1, 0.15) is 348 Å². The topological polar surface area (TPSA) is 78.9 Å². The van der Waals surface area contributed by atoms with E-state index in [-0.39, 0.29) is 31.6 Å². The summed E-state index contributed by atoms with van der Waals surface area (Å²) < 4.78 is 16.8. The Morgan fingerprint density at radius 2 is 0.551 bits per heavy atom. The summed E-state index contributed by atoms with van der Waals surface area (Å²) in [6.45, 7) is 6.43. The molecule has 0 aromatic carbocycles. The molecule has 78 heavy (non-hydrogen) atoms. The second kappa shape index (κ2) is 66.4. The number of rotatable bonds is 62. The smallest absolute Gasteiger partial charge is 0.310 e. The average Bonchev–Trinajstić information content (AvgIpc) is 3.44. The van der Waals surface area contributed by atoms with E-state index in [4.69, 9.17) is 14.2 Å². The van der Waals surface area contributed by atoms with Crippen LogP contribution in [0.2, 0.25) is 0 Å².